The van der Waals surface area contributed by atoms with Crippen LogP contribution in [0.3, 0.4) is 0 Å². The molecule has 0 aliphatic carbocycles. The first-order chi connectivity index (χ1) is 16.7. The molecule has 7 heteroatoms. The number of ether oxygens (including phenoxy) is 1. The van der Waals surface area contributed by atoms with Crippen LogP contribution >= 0.6 is 0 Å². The monoisotopic (exact) mass is 481 g/mol. The van der Waals surface area contributed by atoms with Crippen LogP contribution in [0.25, 0.3) is 0 Å². The molecule has 2 aromatic rings. The Morgan fingerprint density at radius 2 is 1.77 bits per heavy atom. The van der Waals surface area contributed by atoms with Gasteiger partial charge < -0.3 is 15.4 Å². The minimum Gasteiger partial charge on any atom is -0.425 e. The molecular weight excluding hydrogens is 445 g/mol. The average molecular weight is 482 g/mol. The van der Waals surface area contributed by atoms with Gasteiger partial charge in [-0.25, -0.2) is 9.18 Å². The van der Waals surface area contributed by atoms with Crippen molar-refractivity contribution in [2.45, 2.75) is 64.3 Å². The van der Waals surface area contributed by atoms with Crippen LogP contribution < -0.4 is 10.5 Å². The Balaban J connectivity index is 1.32. The Hall–Kier alpha value is -2.77. The van der Waals surface area contributed by atoms with Gasteiger partial charge in [-0.1, -0.05) is 55.8 Å². The number of carbonyl (C=O) groups is 2. The molecule has 2 aliphatic heterocycles. The molecule has 2 fully saturated rings. The summed E-state index contributed by atoms with van der Waals surface area (Å²) in [7, 11) is 0. The lowest BCUT2D eigenvalue weighted by atomic mass is 9.87. The van der Waals surface area contributed by atoms with E-state index in [1.165, 1.54) is 5.56 Å². The lowest BCUT2D eigenvalue weighted by Gasteiger charge is -2.37. The van der Waals surface area contributed by atoms with Crippen molar-refractivity contribution in [2.24, 2.45) is 11.7 Å². The molecule has 6 nitrogen and oxygen atoms in total. The molecular formula is C28H36FN3O3. The van der Waals surface area contributed by atoms with Crippen LogP contribution in [0.4, 0.5) is 4.39 Å². The maximum Gasteiger partial charge on any atom is 0.328 e. The zero-order chi connectivity index (χ0) is 25.1. The predicted molar refractivity (Wildman–Crippen MR) is 134 cm³/mol. The van der Waals surface area contributed by atoms with Crippen LogP contribution in [0.2, 0.25) is 0 Å². The van der Waals surface area contributed by atoms with E-state index in [9.17, 15) is 9.59 Å². The number of esters is 1. The smallest absolute Gasteiger partial charge is 0.328 e. The highest BCUT2D eigenvalue weighted by Crippen LogP contribution is 2.34. The lowest BCUT2D eigenvalue weighted by molar-refractivity contribution is -0.137. The van der Waals surface area contributed by atoms with Crippen LogP contribution in [-0.2, 0) is 16.1 Å². The fraction of sp³-hybridized carbons (Fsp3) is 0.500. The Bertz CT molecular complexity index is 1020. The molecule has 0 spiro atoms. The van der Waals surface area contributed by atoms with Gasteiger partial charge in [-0.3, -0.25) is 9.69 Å². The minimum absolute atomic E-state index is 0.0133. The van der Waals surface area contributed by atoms with Crippen molar-refractivity contribution in [1.29, 1.82) is 0 Å². The number of piperidine rings is 1. The molecule has 188 valence electrons. The summed E-state index contributed by atoms with van der Waals surface area (Å²) in [6, 6.07) is 14.3. The van der Waals surface area contributed by atoms with E-state index in [-0.39, 0.29) is 30.3 Å². The summed E-state index contributed by atoms with van der Waals surface area (Å²) in [4.78, 5) is 29.0. The third kappa shape index (κ3) is 5.90. The number of benzene rings is 2. The van der Waals surface area contributed by atoms with Crippen molar-refractivity contribution in [3.05, 3.63) is 65.2 Å². The zero-order valence-corrected chi connectivity index (χ0v) is 20.8. The standard InChI is InChI=1S/C28H36FN3O3/c1-18(2)26(30)28(34)35-22-10-8-21(9-11-22)23-12-14-31(17-24(23)29)25-13-15-32(27(25)33)16-20-6-4-19(3)5-7-20/h4-11,18,23-26H,12-17,30H2,1-3H3/t23-,24+,25+,26-/m0/s1. The van der Waals surface area contributed by atoms with Gasteiger partial charge in [0.2, 0.25) is 5.91 Å². The minimum atomic E-state index is -1.06. The molecule has 2 heterocycles. The second-order valence-corrected chi connectivity index (χ2v) is 10.2. The molecule has 4 atom stereocenters. The lowest BCUT2D eigenvalue weighted by Crippen LogP contribution is -2.49. The maximum absolute atomic E-state index is 15.3. The second kappa shape index (κ2) is 10.9. The number of amides is 1. The molecule has 35 heavy (non-hydrogen) atoms. The molecule has 2 N–H and O–H groups in total. The van der Waals surface area contributed by atoms with Crippen LogP contribution in [0.15, 0.2) is 48.5 Å². The SMILES string of the molecule is Cc1ccc(CN2CC[C@@H](N3CC[C@@H](c4ccc(OC(=O)[C@@H](N)C(C)C)cc4)[C@H](F)C3)C2=O)cc1. The number of carbonyl (C=O) groups excluding carboxylic acids is 2. The van der Waals surface area contributed by atoms with Gasteiger partial charge in [-0.05, 0) is 55.5 Å². The Labute approximate surface area is 207 Å². The van der Waals surface area contributed by atoms with Gasteiger partial charge in [0, 0.05) is 25.6 Å². The van der Waals surface area contributed by atoms with Crippen LogP contribution in [-0.4, -0.2) is 59.6 Å². The summed E-state index contributed by atoms with van der Waals surface area (Å²) in [5.41, 5.74) is 9.04. The summed E-state index contributed by atoms with van der Waals surface area (Å²) in [6.45, 7) is 8.01. The second-order valence-electron chi connectivity index (χ2n) is 10.2. The van der Waals surface area contributed by atoms with Crippen molar-refractivity contribution >= 4 is 11.9 Å². The number of rotatable bonds is 7. The van der Waals surface area contributed by atoms with E-state index in [1.807, 2.05) is 42.7 Å². The largest absolute Gasteiger partial charge is 0.425 e. The molecule has 0 radical (unpaired) electrons. The van der Waals surface area contributed by atoms with Gasteiger partial charge in [-0.2, -0.15) is 0 Å². The summed E-state index contributed by atoms with van der Waals surface area (Å²) < 4.78 is 20.6. The van der Waals surface area contributed by atoms with Gasteiger partial charge in [-0.15, -0.1) is 0 Å². The van der Waals surface area contributed by atoms with Gasteiger partial charge in [0.1, 0.15) is 18.0 Å². The molecule has 1 amide bonds. The molecule has 2 saturated heterocycles. The first-order valence-electron chi connectivity index (χ1n) is 12.5. The average Bonchev–Trinajstić information content (AvgIpc) is 3.20. The normalized spacial score (nSPS) is 24.1. The third-order valence-corrected chi connectivity index (χ3v) is 7.29. The summed E-state index contributed by atoms with van der Waals surface area (Å²) in [6.07, 6.45) is 0.312. The molecule has 0 bridgehead atoms. The summed E-state index contributed by atoms with van der Waals surface area (Å²) in [5, 5.41) is 0. The number of alkyl halides is 1. The number of likely N-dealkylation sites (tertiary alicyclic amines) is 2. The molecule has 0 unspecified atom stereocenters. The van der Waals surface area contributed by atoms with Crippen molar-refractivity contribution in [3.8, 4) is 5.75 Å². The Morgan fingerprint density at radius 1 is 1.09 bits per heavy atom. The summed E-state index contributed by atoms with van der Waals surface area (Å²) >= 11 is 0. The van der Waals surface area contributed by atoms with Gasteiger partial charge in [0.25, 0.3) is 0 Å². The predicted octanol–water partition coefficient (Wildman–Crippen LogP) is 3.81. The number of nitrogens with zero attached hydrogens (tertiary/aromatic N) is 2. The fourth-order valence-electron chi connectivity index (χ4n) is 4.96. The highest BCUT2D eigenvalue weighted by atomic mass is 19.1. The maximum atomic E-state index is 15.3. The van der Waals surface area contributed by atoms with E-state index >= 15 is 4.39 Å². The first-order valence-corrected chi connectivity index (χ1v) is 12.5. The summed E-state index contributed by atoms with van der Waals surface area (Å²) in [5.74, 6) is -0.216. The molecule has 4 rings (SSSR count). The quantitative estimate of drug-likeness (QED) is 0.481. The molecule has 2 aromatic carbocycles. The Kier molecular flexibility index (Phi) is 7.87. The van der Waals surface area contributed by atoms with E-state index in [4.69, 9.17) is 10.5 Å². The van der Waals surface area contributed by atoms with Crippen molar-refractivity contribution in [2.75, 3.05) is 19.6 Å². The third-order valence-electron chi connectivity index (χ3n) is 7.29. The van der Waals surface area contributed by atoms with Crippen molar-refractivity contribution in [1.82, 2.24) is 9.80 Å². The number of aryl methyl sites for hydroxylation is 1. The highest BCUT2D eigenvalue weighted by molar-refractivity contribution is 5.84. The number of nitrogens with two attached hydrogens (primary N) is 1. The number of hydrogen-bond donors (Lipinski definition) is 1. The van der Waals surface area contributed by atoms with Gasteiger partial charge >= 0.3 is 5.97 Å². The van der Waals surface area contributed by atoms with Gasteiger partial charge in [0.05, 0.1) is 6.04 Å². The molecule has 0 saturated carbocycles. The highest BCUT2D eigenvalue weighted by Gasteiger charge is 2.40. The fourth-order valence-corrected chi connectivity index (χ4v) is 4.96. The van der Waals surface area contributed by atoms with E-state index in [2.05, 4.69) is 24.3 Å². The number of halogens is 1. The van der Waals surface area contributed by atoms with Gasteiger partial charge in [0.15, 0.2) is 0 Å². The molecule has 0 aromatic heterocycles. The topological polar surface area (TPSA) is 75.9 Å². The molecule has 2 aliphatic rings. The number of hydrogen-bond acceptors (Lipinski definition) is 5. The first kappa shape index (κ1) is 25.3. The van der Waals surface area contributed by atoms with Crippen LogP contribution in [0.5, 0.6) is 5.75 Å². The van der Waals surface area contributed by atoms with Crippen molar-refractivity contribution in [3.63, 3.8) is 0 Å². The zero-order valence-electron chi connectivity index (χ0n) is 20.8. The van der Waals surface area contributed by atoms with E-state index in [0.717, 1.165) is 17.5 Å². The van der Waals surface area contributed by atoms with E-state index < -0.39 is 18.2 Å². The van der Waals surface area contributed by atoms with Crippen LogP contribution in [0.1, 0.15) is 49.3 Å². The van der Waals surface area contributed by atoms with Crippen LogP contribution in [0, 0.1) is 12.8 Å². The van der Waals surface area contributed by atoms with Crippen molar-refractivity contribution < 1.29 is 18.7 Å². The van der Waals surface area contributed by atoms with E-state index in [0.29, 0.717) is 31.8 Å². The van der Waals surface area contributed by atoms with E-state index in [1.54, 1.807) is 12.1 Å². The Morgan fingerprint density at radius 3 is 2.40 bits per heavy atom.